The second-order valence-electron chi connectivity index (χ2n) is 5.63. The lowest BCUT2D eigenvalue weighted by atomic mass is 10.2. The minimum absolute atomic E-state index is 0.0711. The van der Waals surface area contributed by atoms with Gasteiger partial charge < -0.3 is 10.6 Å². The Morgan fingerprint density at radius 3 is 2.90 bits per heavy atom. The van der Waals surface area contributed by atoms with E-state index < -0.39 is 0 Å². The number of hydrogen-bond donors (Lipinski definition) is 2. The molecule has 118 valence electrons. The molecule has 1 aromatic rings. The van der Waals surface area contributed by atoms with E-state index >= 15 is 0 Å². The maximum Gasteiger partial charge on any atom is 0.230 e. The zero-order valence-corrected chi connectivity index (χ0v) is 13.5. The molecule has 1 amide bonds. The molecule has 2 N–H and O–H groups in total. The highest BCUT2D eigenvalue weighted by atomic mass is 32.2. The van der Waals surface area contributed by atoms with Crippen molar-refractivity contribution in [2.24, 2.45) is 0 Å². The smallest absolute Gasteiger partial charge is 0.230 e. The number of carbonyl (C=O) groups excluding carboxylic acids is 1. The molecule has 0 spiro atoms. The number of nitrogens with one attached hydrogen (secondary N) is 2. The van der Waals surface area contributed by atoms with Crippen molar-refractivity contribution in [3.63, 3.8) is 0 Å². The third-order valence-corrected chi connectivity index (χ3v) is 4.39. The van der Waals surface area contributed by atoms with Crippen molar-refractivity contribution in [3.8, 4) is 0 Å². The van der Waals surface area contributed by atoms with Gasteiger partial charge in [-0.2, -0.15) is 0 Å². The lowest BCUT2D eigenvalue weighted by Gasteiger charge is -2.11. The summed E-state index contributed by atoms with van der Waals surface area (Å²) in [4.78, 5) is 11.9. The van der Waals surface area contributed by atoms with E-state index in [-0.39, 0.29) is 5.91 Å². The molecule has 8 heteroatoms. The van der Waals surface area contributed by atoms with Crippen LogP contribution in [0.15, 0.2) is 5.16 Å². The zero-order chi connectivity index (χ0) is 15.1. The summed E-state index contributed by atoms with van der Waals surface area (Å²) in [7, 11) is 0. The number of rotatable bonds is 8. The van der Waals surface area contributed by atoms with Crippen molar-refractivity contribution in [2.45, 2.75) is 63.3 Å². The van der Waals surface area contributed by atoms with Gasteiger partial charge in [0.25, 0.3) is 0 Å². The number of tetrazole rings is 1. The van der Waals surface area contributed by atoms with E-state index in [1.54, 1.807) is 4.68 Å². The van der Waals surface area contributed by atoms with Gasteiger partial charge in [0.1, 0.15) is 0 Å². The van der Waals surface area contributed by atoms with E-state index in [4.69, 9.17) is 0 Å². The summed E-state index contributed by atoms with van der Waals surface area (Å²) >= 11 is 1.39. The van der Waals surface area contributed by atoms with Crippen LogP contribution in [-0.4, -0.2) is 50.5 Å². The fraction of sp³-hybridized carbons (Fsp3) is 0.846. The van der Waals surface area contributed by atoms with E-state index in [0.29, 0.717) is 29.5 Å². The highest BCUT2D eigenvalue weighted by Gasteiger charge is 2.17. The SMILES string of the molecule is CC(C)NCCn1nnnc1SCC(=O)NC1CCCC1. The van der Waals surface area contributed by atoms with Gasteiger partial charge in [-0.25, -0.2) is 4.68 Å². The maximum atomic E-state index is 11.9. The predicted molar refractivity (Wildman–Crippen MR) is 82.1 cm³/mol. The van der Waals surface area contributed by atoms with Crippen LogP contribution in [0, 0.1) is 0 Å². The Balaban J connectivity index is 1.72. The van der Waals surface area contributed by atoms with Gasteiger partial charge in [-0.15, -0.1) is 5.10 Å². The summed E-state index contributed by atoms with van der Waals surface area (Å²) in [6.45, 7) is 5.72. The third-order valence-electron chi connectivity index (χ3n) is 3.43. The fourth-order valence-corrected chi connectivity index (χ4v) is 3.08. The first-order chi connectivity index (χ1) is 10.1. The molecule has 1 aliphatic carbocycles. The summed E-state index contributed by atoms with van der Waals surface area (Å²) in [5, 5.41) is 18.7. The monoisotopic (exact) mass is 312 g/mol. The molecule has 2 rings (SSSR count). The molecule has 0 unspecified atom stereocenters. The Kier molecular flexibility index (Phi) is 6.44. The lowest BCUT2D eigenvalue weighted by molar-refractivity contribution is -0.119. The van der Waals surface area contributed by atoms with Gasteiger partial charge in [-0.1, -0.05) is 38.5 Å². The fourth-order valence-electron chi connectivity index (χ4n) is 2.37. The van der Waals surface area contributed by atoms with E-state index in [0.717, 1.165) is 19.4 Å². The molecule has 1 aromatic heterocycles. The highest BCUT2D eigenvalue weighted by Crippen LogP contribution is 2.18. The van der Waals surface area contributed by atoms with Crippen LogP contribution in [0.3, 0.4) is 0 Å². The first kappa shape index (κ1) is 16.2. The van der Waals surface area contributed by atoms with Gasteiger partial charge in [-0.05, 0) is 23.3 Å². The molecule has 1 saturated carbocycles. The summed E-state index contributed by atoms with van der Waals surface area (Å²) in [5.74, 6) is 0.441. The van der Waals surface area contributed by atoms with Crippen LogP contribution >= 0.6 is 11.8 Å². The molecule has 1 aliphatic rings. The minimum Gasteiger partial charge on any atom is -0.353 e. The standard InChI is InChI=1S/C13H24N6OS/c1-10(2)14-7-8-19-13(16-17-18-19)21-9-12(20)15-11-5-3-4-6-11/h10-11,14H,3-9H2,1-2H3,(H,15,20). The molecule has 1 fully saturated rings. The van der Waals surface area contributed by atoms with Crippen molar-refractivity contribution in [2.75, 3.05) is 12.3 Å². The molecule has 7 nitrogen and oxygen atoms in total. The van der Waals surface area contributed by atoms with E-state index in [1.807, 2.05) is 0 Å². The molecular weight excluding hydrogens is 288 g/mol. The average molecular weight is 312 g/mol. The largest absolute Gasteiger partial charge is 0.353 e. The minimum atomic E-state index is 0.0711. The van der Waals surface area contributed by atoms with E-state index in [2.05, 4.69) is 40.0 Å². The summed E-state index contributed by atoms with van der Waals surface area (Å²) in [6.07, 6.45) is 4.66. The van der Waals surface area contributed by atoms with Crippen molar-refractivity contribution in [1.82, 2.24) is 30.8 Å². The molecule has 0 aliphatic heterocycles. The van der Waals surface area contributed by atoms with Crippen LogP contribution < -0.4 is 10.6 Å². The van der Waals surface area contributed by atoms with Crippen LogP contribution in [0.5, 0.6) is 0 Å². The maximum absolute atomic E-state index is 11.9. The van der Waals surface area contributed by atoms with Gasteiger partial charge >= 0.3 is 0 Å². The van der Waals surface area contributed by atoms with Crippen LogP contribution in [0.2, 0.25) is 0 Å². The first-order valence-corrected chi connectivity index (χ1v) is 8.55. The highest BCUT2D eigenvalue weighted by molar-refractivity contribution is 7.99. The van der Waals surface area contributed by atoms with Crippen LogP contribution in [-0.2, 0) is 11.3 Å². The average Bonchev–Trinajstić information content (AvgIpc) is 3.07. The topological polar surface area (TPSA) is 84.7 Å². The molecule has 0 atom stereocenters. The summed E-state index contributed by atoms with van der Waals surface area (Å²) in [5.41, 5.74) is 0. The number of aromatic nitrogens is 4. The quantitative estimate of drug-likeness (QED) is 0.691. The molecule has 21 heavy (non-hydrogen) atoms. The Morgan fingerprint density at radius 2 is 2.19 bits per heavy atom. The number of amides is 1. The number of carbonyl (C=O) groups is 1. The second-order valence-corrected chi connectivity index (χ2v) is 6.57. The van der Waals surface area contributed by atoms with Gasteiger partial charge in [-0.3, -0.25) is 4.79 Å². The Labute approximate surface area is 129 Å². The lowest BCUT2D eigenvalue weighted by Crippen LogP contribution is -2.34. The predicted octanol–water partition coefficient (Wildman–Crippen LogP) is 0.822. The van der Waals surface area contributed by atoms with Gasteiger partial charge in [0.05, 0.1) is 12.3 Å². The molecule has 0 radical (unpaired) electrons. The molecule has 0 aromatic carbocycles. The van der Waals surface area contributed by atoms with E-state index in [9.17, 15) is 4.79 Å². The normalized spacial score (nSPS) is 15.8. The third kappa shape index (κ3) is 5.62. The van der Waals surface area contributed by atoms with Gasteiger partial charge in [0.15, 0.2) is 0 Å². The van der Waals surface area contributed by atoms with Crippen LogP contribution in [0.25, 0.3) is 0 Å². The Bertz CT molecular complexity index is 444. The van der Waals surface area contributed by atoms with Crippen LogP contribution in [0.4, 0.5) is 0 Å². The second kappa shape index (κ2) is 8.33. The number of thioether (sulfide) groups is 1. The van der Waals surface area contributed by atoms with Crippen molar-refractivity contribution in [3.05, 3.63) is 0 Å². The molecule has 0 saturated heterocycles. The van der Waals surface area contributed by atoms with Crippen molar-refractivity contribution in [1.29, 1.82) is 0 Å². The molecule has 0 bridgehead atoms. The van der Waals surface area contributed by atoms with Gasteiger partial charge in [0.2, 0.25) is 11.1 Å². The molecular formula is C13H24N6OS. The number of hydrogen-bond acceptors (Lipinski definition) is 6. The van der Waals surface area contributed by atoms with E-state index in [1.165, 1.54) is 24.6 Å². The van der Waals surface area contributed by atoms with Gasteiger partial charge in [0, 0.05) is 18.6 Å². The number of nitrogens with zero attached hydrogens (tertiary/aromatic N) is 4. The zero-order valence-electron chi connectivity index (χ0n) is 12.7. The summed E-state index contributed by atoms with van der Waals surface area (Å²) < 4.78 is 1.74. The van der Waals surface area contributed by atoms with Crippen molar-refractivity contribution >= 4 is 17.7 Å². The van der Waals surface area contributed by atoms with Crippen molar-refractivity contribution < 1.29 is 4.79 Å². The Hall–Kier alpha value is -1.15. The first-order valence-electron chi connectivity index (χ1n) is 7.57. The molecule has 1 heterocycles. The summed E-state index contributed by atoms with van der Waals surface area (Å²) in [6, 6.07) is 0.805. The Morgan fingerprint density at radius 1 is 1.43 bits per heavy atom. The van der Waals surface area contributed by atoms with Crippen LogP contribution in [0.1, 0.15) is 39.5 Å².